The number of aromatic nitrogens is 2. The lowest BCUT2D eigenvalue weighted by molar-refractivity contribution is -0.162. The standard InChI is InChI=1S/C20H19FN4O4/c21-11-5-7-12(8-6-11)23-20(27)24-16-15-9-28-19(29-15)17(18(16)26)25-10-22-13-3-1-2-4-14(13)25/h1-8,10,15-19,26H,9H2,(H2,23,24,27)/t15-,16-,17-,18+,19-/m1/s1. The number of fused-ring (bicyclic) bond motifs is 3. The fourth-order valence-electron chi connectivity index (χ4n) is 3.94. The summed E-state index contributed by atoms with van der Waals surface area (Å²) < 4.78 is 26.5. The van der Waals surface area contributed by atoms with Crippen molar-refractivity contribution in [1.82, 2.24) is 14.9 Å². The molecular formula is C20H19FN4O4. The maximum Gasteiger partial charge on any atom is 0.319 e. The third kappa shape index (κ3) is 3.23. The van der Waals surface area contributed by atoms with Gasteiger partial charge in [-0.05, 0) is 36.4 Å². The van der Waals surface area contributed by atoms with Crippen molar-refractivity contribution in [1.29, 1.82) is 0 Å². The summed E-state index contributed by atoms with van der Waals surface area (Å²) in [6.45, 7) is 0.256. The average molecular weight is 398 g/mol. The second kappa shape index (κ2) is 7.11. The molecule has 3 N–H and O–H groups in total. The summed E-state index contributed by atoms with van der Waals surface area (Å²) in [5.41, 5.74) is 2.06. The highest BCUT2D eigenvalue weighted by Crippen LogP contribution is 2.37. The quantitative estimate of drug-likeness (QED) is 0.627. The monoisotopic (exact) mass is 398 g/mol. The van der Waals surface area contributed by atoms with Crippen LogP contribution in [0.4, 0.5) is 14.9 Å². The maximum absolute atomic E-state index is 13.0. The number of rotatable bonds is 3. The molecule has 150 valence electrons. The van der Waals surface area contributed by atoms with Gasteiger partial charge in [0.05, 0.1) is 30.0 Å². The van der Waals surface area contributed by atoms with E-state index in [9.17, 15) is 14.3 Å². The average Bonchev–Trinajstić information content (AvgIpc) is 3.34. The summed E-state index contributed by atoms with van der Waals surface area (Å²) in [6.07, 6.45) is -0.428. The minimum absolute atomic E-state index is 0.256. The van der Waals surface area contributed by atoms with Crippen molar-refractivity contribution in [3.63, 3.8) is 0 Å². The molecule has 29 heavy (non-hydrogen) atoms. The zero-order valence-corrected chi connectivity index (χ0v) is 15.2. The van der Waals surface area contributed by atoms with Crippen LogP contribution in [-0.2, 0) is 9.47 Å². The summed E-state index contributed by atoms with van der Waals surface area (Å²) in [4.78, 5) is 16.8. The zero-order chi connectivity index (χ0) is 20.0. The van der Waals surface area contributed by atoms with Gasteiger partial charge in [0, 0.05) is 5.69 Å². The number of aliphatic hydroxyl groups is 1. The highest BCUT2D eigenvalue weighted by molar-refractivity contribution is 5.89. The van der Waals surface area contributed by atoms with E-state index in [4.69, 9.17) is 9.47 Å². The number of halogens is 1. The third-order valence-corrected chi connectivity index (χ3v) is 5.33. The van der Waals surface area contributed by atoms with Crippen molar-refractivity contribution in [2.75, 3.05) is 11.9 Å². The number of imidazole rings is 1. The van der Waals surface area contributed by atoms with Crippen molar-refractivity contribution in [2.24, 2.45) is 0 Å². The Morgan fingerprint density at radius 2 is 2.00 bits per heavy atom. The molecule has 2 aliphatic rings. The van der Waals surface area contributed by atoms with E-state index < -0.39 is 42.4 Å². The molecule has 0 saturated carbocycles. The molecule has 3 aromatic rings. The molecule has 2 fully saturated rings. The number of anilines is 1. The fraction of sp³-hybridized carbons (Fsp3) is 0.300. The molecule has 5 atom stereocenters. The van der Waals surface area contributed by atoms with E-state index in [-0.39, 0.29) is 6.61 Å². The molecule has 2 amide bonds. The molecule has 2 bridgehead atoms. The van der Waals surface area contributed by atoms with Gasteiger partial charge in [0.25, 0.3) is 0 Å². The number of hydrogen-bond donors (Lipinski definition) is 3. The number of carbonyl (C=O) groups is 1. The summed E-state index contributed by atoms with van der Waals surface area (Å²) in [7, 11) is 0. The van der Waals surface area contributed by atoms with Crippen LogP contribution in [0.2, 0.25) is 0 Å². The molecular weight excluding hydrogens is 379 g/mol. The second-order valence-electron chi connectivity index (χ2n) is 7.13. The highest BCUT2D eigenvalue weighted by atomic mass is 19.1. The first-order chi connectivity index (χ1) is 14.1. The van der Waals surface area contributed by atoms with Gasteiger partial charge in [0.2, 0.25) is 0 Å². The van der Waals surface area contributed by atoms with Crippen LogP contribution < -0.4 is 10.6 Å². The van der Waals surface area contributed by atoms with Gasteiger partial charge in [0.15, 0.2) is 6.29 Å². The maximum atomic E-state index is 13.0. The fourth-order valence-corrected chi connectivity index (χ4v) is 3.94. The van der Waals surface area contributed by atoms with Crippen LogP contribution in [-0.4, -0.2) is 51.8 Å². The molecule has 3 heterocycles. The minimum Gasteiger partial charge on any atom is -0.388 e. The Hall–Kier alpha value is -3.01. The Morgan fingerprint density at radius 3 is 2.83 bits per heavy atom. The number of aliphatic hydroxyl groups excluding tert-OH is 1. The molecule has 8 nitrogen and oxygen atoms in total. The van der Waals surface area contributed by atoms with Crippen LogP contribution in [0.3, 0.4) is 0 Å². The normalized spacial score (nSPS) is 28.4. The molecule has 0 unspecified atom stereocenters. The van der Waals surface area contributed by atoms with Crippen LogP contribution in [0.5, 0.6) is 0 Å². The molecule has 9 heteroatoms. The molecule has 5 rings (SSSR count). The van der Waals surface area contributed by atoms with E-state index in [0.717, 1.165) is 11.0 Å². The number of ether oxygens (including phenoxy) is 2. The lowest BCUT2D eigenvalue weighted by Crippen LogP contribution is -2.59. The lowest BCUT2D eigenvalue weighted by atomic mass is 9.96. The number of para-hydroxylation sites is 2. The third-order valence-electron chi connectivity index (χ3n) is 5.33. The van der Waals surface area contributed by atoms with Crippen molar-refractivity contribution in [2.45, 2.75) is 30.6 Å². The van der Waals surface area contributed by atoms with Gasteiger partial charge in [-0.1, -0.05) is 12.1 Å². The predicted octanol–water partition coefficient (Wildman–Crippen LogP) is 2.02. The molecule has 2 saturated heterocycles. The van der Waals surface area contributed by atoms with Gasteiger partial charge < -0.3 is 29.8 Å². The van der Waals surface area contributed by atoms with E-state index in [0.29, 0.717) is 5.69 Å². The summed E-state index contributed by atoms with van der Waals surface area (Å²) >= 11 is 0. The first-order valence-corrected chi connectivity index (χ1v) is 9.30. The van der Waals surface area contributed by atoms with Crippen LogP contribution in [0.15, 0.2) is 54.9 Å². The number of nitrogens with one attached hydrogen (secondary N) is 2. The first kappa shape index (κ1) is 18.0. The van der Waals surface area contributed by atoms with E-state index >= 15 is 0 Å². The Balaban J connectivity index is 1.37. The molecule has 0 aliphatic carbocycles. The van der Waals surface area contributed by atoms with E-state index in [2.05, 4.69) is 15.6 Å². The van der Waals surface area contributed by atoms with Gasteiger partial charge in [-0.2, -0.15) is 0 Å². The van der Waals surface area contributed by atoms with Crippen molar-refractivity contribution >= 4 is 22.8 Å². The van der Waals surface area contributed by atoms with Crippen molar-refractivity contribution < 1.29 is 23.8 Å². The van der Waals surface area contributed by atoms with Gasteiger partial charge in [-0.3, -0.25) is 0 Å². The summed E-state index contributed by atoms with van der Waals surface area (Å²) in [5.74, 6) is -0.392. The van der Waals surface area contributed by atoms with Gasteiger partial charge >= 0.3 is 6.03 Å². The minimum atomic E-state index is -0.960. The van der Waals surface area contributed by atoms with E-state index in [1.807, 2.05) is 28.8 Å². The van der Waals surface area contributed by atoms with E-state index in [1.54, 1.807) is 6.33 Å². The highest BCUT2D eigenvalue weighted by Gasteiger charge is 2.51. The largest absolute Gasteiger partial charge is 0.388 e. The topological polar surface area (TPSA) is 97.6 Å². The number of benzene rings is 2. The Labute approximate surface area is 165 Å². The summed E-state index contributed by atoms with van der Waals surface area (Å²) in [5, 5.41) is 16.5. The number of amides is 2. The van der Waals surface area contributed by atoms with Gasteiger partial charge in [-0.15, -0.1) is 0 Å². The lowest BCUT2D eigenvalue weighted by Gasteiger charge is -2.39. The number of nitrogens with zero attached hydrogens (tertiary/aromatic N) is 2. The van der Waals surface area contributed by atoms with E-state index in [1.165, 1.54) is 24.3 Å². The van der Waals surface area contributed by atoms with Crippen LogP contribution in [0.25, 0.3) is 11.0 Å². The number of urea groups is 1. The molecule has 0 radical (unpaired) electrons. The van der Waals surface area contributed by atoms with Crippen LogP contribution in [0.1, 0.15) is 6.04 Å². The predicted molar refractivity (Wildman–Crippen MR) is 102 cm³/mol. The molecule has 1 aromatic heterocycles. The summed E-state index contributed by atoms with van der Waals surface area (Å²) in [6, 6.07) is 11.2. The first-order valence-electron chi connectivity index (χ1n) is 9.30. The van der Waals surface area contributed by atoms with Crippen molar-refractivity contribution in [3.8, 4) is 0 Å². The Kier molecular flexibility index (Phi) is 4.42. The van der Waals surface area contributed by atoms with Crippen molar-refractivity contribution in [3.05, 3.63) is 60.7 Å². The molecule has 2 aliphatic heterocycles. The molecule has 0 spiro atoms. The second-order valence-corrected chi connectivity index (χ2v) is 7.13. The van der Waals surface area contributed by atoms with Crippen LogP contribution in [0, 0.1) is 5.82 Å². The number of carbonyl (C=O) groups excluding carboxylic acids is 1. The smallest absolute Gasteiger partial charge is 0.319 e. The SMILES string of the molecule is O=C(Nc1ccc(F)cc1)N[C@H]1[C@H](O)[C@@H](n2cnc3ccccc32)[C@@H]2OC[C@H]1O2. The van der Waals surface area contributed by atoms with Gasteiger partial charge in [0.1, 0.15) is 24.1 Å². The van der Waals surface area contributed by atoms with Gasteiger partial charge in [-0.25, -0.2) is 14.2 Å². The molecule has 2 aromatic carbocycles. The Bertz CT molecular complexity index is 1040. The number of hydrogen-bond acceptors (Lipinski definition) is 5. The Morgan fingerprint density at radius 1 is 1.21 bits per heavy atom. The van der Waals surface area contributed by atoms with Crippen LogP contribution >= 0.6 is 0 Å². The zero-order valence-electron chi connectivity index (χ0n) is 15.2.